The molecule has 1 aromatic heterocycles. The highest BCUT2D eigenvalue weighted by atomic mass is 15.0. The van der Waals surface area contributed by atoms with Crippen LogP contribution in [-0.4, -0.2) is 17.9 Å². The Morgan fingerprint density at radius 2 is 1.41 bits per heavy atom. The van der Waals surface area contributed by atoms with E-state index in [1.54, 1.807) is 0 Å². The number of para-hydroxylation sites is 1. The predicted molar refractivity (Wildman–Crippen MR) is 143 cm³/mol. The number of fused-ring (bicyclic) bond motifs is 2. The van der Waals surface area contributed by atoms with E-state index in [9.17, 15) is 0 Å². The van der Waals surface area contributed by atoms with Gasteiger partial charge in [0.25, 0.3) is 0 Å². The molecule has 0 radical (unpaired) electrons. The summed E-state index contributed by atoms with van der Waals surface area (Å²) in [6.45, 7) is 11.7. The van der Waals surface area contributed by atoms with Crippen molar-refractivity contribution in [2.24, 2.45) is 9.98 Å². The van der Waals surface area contributed by atoms with Crippen molar-refractivity contribution in [1.29, 1.82) is 0 Å². The summed E-state index contributed by atoms with van der Waals surface area (Å²) in [5.41, 5.74) is 10.8. The van der Waals surface area contributed by atoms with Gasteiger partial charge in [-0.2, -0.15) is 0 Å². The Labute approximate surface area is 199 Å². The van der Waals surface area contributed by atoms with Gasteiger partial charge in [0.1, 0.15) is 11.0 Å². The topological polar surface area (TPSA) is 41.5 Å². The van der Waals surface area contributed by atoms with Gasteiger partial charge in [-0.15, -0.1) is 4.57 Å². The molecule has 0 unspecified atom stereocenters. The molecular formula is C30H25N4+. The van der Waals surface area contributed by atoms with Gasteiger partial charge >= 0.3 is 0 Å². The van der Waals surface area contributed by atoms with E-state index in [0.717, 1.165) is 61.4 Å². The second-order valence-corrected chi connectivity index (χ2v) is 8.33. The first-order chi connectivity index (χ1) is 16.6. The van der Waals surface area contributed by atoms with E-state index in [4.69, 9.17) is 9.98 Å². The van der Waals surface area contributed by atoms with Crippen LogP contribution in [0, 0.1) is 13.8 Å². The van der Waals surface area contributed by atoms with E-state index in [1.165, 1.54) is 0 Å². The van der Waals surface area contributed by atoms with Crippen LogP contribution in [0.2, 0.25) is 0 Å². The van der Waals surface area contributed by atoms with Gasteiger partial charge in [-0.1, -0.05) is 49.1 Å². The first kappa shape index (κ1) is 21.4. The summed E-state index contributed by atoms with van der Waals surface area (Å²) < 4.78 is 2.22. The van der Waals surface area contributed by atoms with Crippen LogP contribution in [0.15, 0.2) is 95.4 Å². The molecule has 0 saturated heterocycles. The van der Waals surface area contributed by atoms with Crippen molar-refractivity contribution in [2.75, 3.05) is 0 Å². The summed E-state index contributed by atoms with van der Waals surface area (Å²) in [5, 5.41) is 0. The van der Waals surface area contributed by atoms with Gasteiger partial charge in [0.15, 0.2) is 0 Å². The van der Waals surface area contributed by atoms with Crippen LogP contribution in [-0.2, 0) is 0 Å². The number of hydrogen-bond donors (Lipinski definition) is 0. The summed E-state index contributed by atoms with van der Waals surface area (Å²) in [5.74, 6) is 0. The molecule has 0 aliphatic rings. The van der Waals surface area contributed by atoms with Crippen molar-refractivity contribution in [1.82, 2.24) is 4.98 Å². The molecular weight excluding hydrogens is 416 g/mol. The third kappa shape index (κ3) is 3.90. The smallest absolute Gasteiger partial charge is 0.239 e. The molecule has 1 heterocycles. The molecule has 0 spiro atoms. The molecule has 4 heteroatoms. The number of aliphatic imine (C=N–C) groups is 2. The highest BCUT2D eigenvalue weighted by Crippen LogP contribution is 2.29. The number of benzene rings is 4. The fraction of sp³-hybridized carbons (Fsp3) is 0.0667. The van der Waals surface area contributed by atoms with Crippen molar-refractivity contribution >= 4 is 52.4 Å². The summed E-state index contributed by atoms with van der Waals surface area (Å²) in [6, 6.07) is 26.8. The minimum atomic E-state index is 0.853. The van der Waals surface area contributed by atoms with E-state index >= 15 is 0 Å². The molecule has 164 valence electrons. The number of aryl methyl sites for hydroxylation is 2. The highest BCUT2D eigenvalue weighted by Gasteiger charge is 2.21. The van der Waals surface area contributed by atoms with Crippen LogP contribution >= 0.6 is 0 Å². The van der Waals surface area contributed by atoms with E-state index < -0.39 is 0 Å². The monoisotopic (exact) mass is 441 g/mol. The minimum Gasteiger partial charge on any atom is -0.264 e. The Morgan fingerprint density at radius 1 is 0.765 bits per heavy atom. The molecule has 0 amide bonds. The first-order valence-corrected chi connectivity index (χ1v) is 11.2. The maximum Gasteiger partial charge on any atom is 0.239 e. The molecule has 0 fully saturated rings. The third-order valence-corrected chi connectivity index (χ3v) is 5.99. The van der Waals surface area contributed by atoms with Crippen molar-refractivity contribution in [2.45, 2.75) is 13.8 Å². The van der Waals surface area contributed by atoms with Crippen molar-refractivity contribution in [3.8, 4) is 5.69 Å². The Morgan fingerprint density at radius 3 is 2.09 bits per heavy atom. The number of rotatable bonds is 5. The van der Waals surface area contributed by atoms with Gasteiger partial charge in [-0.25, -0.2) is 4.98 Å². The lowest BCUT2D eigenvalue weighted by atomic mass is 10.1. The molecule has 5 aromatic rings. The van der Waals surface area contributed by atoms with E-state index in [-0.39, 0.29) is 0 Å². The Balaban J connectivity index is 1.78. The summed E-state index contributed by atoms with van der Waals surface area (Å²) in [4.78, 5) is 14.1. The van der Waals surface area contributed by atoms with Crippen molar-refractivity contribution < 1.29 is 4.57 Å². The van der Waals surface area contributed by atoms with Gasteiger partial charge in [0, 0.05) is 30.5 Å². The van der Waals surface area contributed by atoms with Gasteiger partial charge in [-0.3, -0.25) is 9.98 Å². The van der Waals surface area contributed by atoms with Crippen molar-refractivity contribution in [3.05, 3.63) is 108 Å². The van der Waals surface area contributed by atoms with Gasteiger partial charge in [0.05, 0.1) is 11.4 Å². The Hall–Kier alpha value is -4.44. The van der Waals surface area contributed by atoms with Gasteiger partial charge < -0.3 is 0 Å². The lowest BCUT2D eigenvalue weighted by Gasteiger charge is -2.09. The zero-order chi connectivity index (χ0) is 23.7. The SMILES string of the molecule is C=Cc1cccc(C=Nc2cc3c(cc2C)nc2cc(C)c(N=C)cc2[n+]3-c2ccccc2)c1. The molecule has 0 N–H and O–H groups in total. The molecule has 0 saturated carbocycles. The van der Waals surface area contributed by atoms with Crippen LogP contribution in [0.1, 0.15) is 22.3 Å². The standard InChI is InChI=1S/C30H25N4/c1-5-22-10-9-11-23(16-22)19-32-26-18-30-28(15-21(26)3)33-27-14-20(2)25(31-4)17-29(27)34(30)24-12-7-6-8-13-24/h5-19H,1,4H2,2-3H3/q+1. The maximum absolute atomic E-state index is 5.00. The molecule has 4 aromatic carbocycles. The fourth-order valence-electron chi connectivity index (χ4n) is 4.21. The molecule has 0 aliphatic carbocycles. The van der Waals surface area contributed by atoms with Gasteiger partial charge in [-0.05, 0) is 61.0 Å². The molecule has 34 heavy (non-hydrogen) atoms. The molecule has 0 aliphatic heterocycles. The summed E-state index contributed by atoms with van der Waals surface area (Å²) in [7, 11) is 0. The van der Waals surface area contributed by atoms with Crippen molar-refractivity contribution in [3.63, 3.8) is 0 Å². The predicted octanol–water partition coefficient (Wildman–Crippen LogP) is 7.01. The summed E-state index contributed by atoms with van der Waals surface area (Å²) in [6.07, 6.45) is 3.73. The normalized spacial score (nSPS) is 11.4. The lowest BCUT2D eigenvalue weighted by Crippen LogP contribution is -2.33. The maximum atomic E-state index is 5.00. The van der Waals surface area contributed by atoms with Crippen LogP contribution < -0.4 is 4.57 Å². The fourth-order valence-corrected chi connectivity index (χ4v) is 4.21. The second kappa shape index (κ2) is 8.83. The average Bonchev–Trinajstić information content (AvgIpc) is 2.86. The molecule has 0 atom stereocenters. The Bertz CT molecular complexity index is 1600. The third-order valence-electron chi connectivity index (χ3n) is 5.99. The number of hydrogen-bond acceptors (Lipinski definition) is 3. The Kier molecular flexibility index (Phi) is 5.56. The molecule has 5 rings (SSSR count). The van der Waals surface area contributed by atoms with Crippen LogP contribution in [0.5, 0.6) is 0 Å². The number of aromatic nitrogens is 2. The minimum absolute atomic E-state index is 0.853. The highest BCUT2D eigenvalue weighted by molar-refractivity contribution is 5.89. The zero-order valence-electron chi connectivity index (χ0n) is 19.4. The largest absolute Gasteiger partial charge is 0.264 e. The molecule has 4 nitrogen and oxygen atoms in total. The van der Waals surface area contributed by atoms with E-state index in [1.807, 2.05) is 55.6 Å². The average molecular weight is 442 g/mol. The van der Waals surface area contributed by atoms with Gasteiger partial charge in [0.2, 0.25) is 16.7 Å². The van der Waals surface area contributed by atoms with Crippen LogP contribution in [0.3, 0.4) is 0 Å². The zero-order valence-corrected chi connectivity index (χ0v) is 19.4. The van der Waals surface area contributed by atoms with Crippen LogP contribution in [0.4, 0.5) is 11.4 Å². The van der Waals surface area contributed by atoms with Crippen LogP contribution in [0.25, 0.3) is 33.8 Å². The quantitative estimate of drug-likeness (QED) is 0.164. The van der Waals surface area contributed by atoms with E-state index in [2.05, 4.69) is 72.2 Å². The van der Waals surface area contributed by atoms with E-state index in [0.29, 0.717) is 0 Å². The first-order valence-electron chi connectivity index (χ1n) is 11.2. The molecule has 0 bridgehead atoms. The summed E-state index contributed by atoms with van der Waals surface area (Å²) >= 11 is 0. The lowest BCUT2D eigenvalue weighted by molar-refractivity contribution is -0.538. The second-order valence-electron chi connectivity index (χ2n) is 8.33. The number of nitrogens with zero attached hydrogens (tertiary/aromatic N) is 4.